The van der Waals surface area contributed by atoms with Gasteiger partial charge in [-0.1, -0.05) is 102 Å². The van der Waals surface area contributed by atoms with Crippen LogP contribution in [0.2, 0.25) is 0 Å². The molecule has 15 atom stereocenters. The number of anilines is 1. The Bertz CT molecular complexity index is 4390. The highest BCUT2D eigenvalue weighted by Crippen LogP contribution is 2.68. The molecule has 2 aliphatic carbocycles. The quantitative estimate of drug-likeness (QED) is 0.0164. The van der Waals surface area contributed by atoms with Gasteiger partial charge in [-0.25, -0.2) is 14.4 Å². The molecule has 120 heavy (non-hydrogen) atoms. The molecule has 5 aliphatic heterocycles. The molecule has 1 saturated carbocycles. The third kappa shape index (κ3) is 22.4. The van der Waals surface area contributed by atoms with Crippen LogP contribution in [0, 0.1) is 23.2 Å². The van der Waals surface area contributed by atoms with E-state index in [-0.39, 0.29) is 74.5 Å². The molecule has 3 aromatic rings. The smallest absolute Gasteiger partial charge is 0.373 e. The Balaban J connectivity index is 0.000000292. The molecule has 10 rings (SSSR count). The topological polar surface area (TPSA) is 515 Å². The Labute approximate surface area is 702 Å². The van der Waals surface area contributed by atoms with Crippen molar-refractivity contribution in [1.29, 1.82) is 0 Å². The predicted molar refractivity (Wildman–Crippen MR) is 436 cm³/mol. The molecule has 13 N–H and O–H groups in total. The van der Waals surface area contributed by atoms with Crippen LogP contribution in [0.5, 0.6) is 5.75 Å². The molecule has 2 unspecified atom stereocenters. The van der Waals surface area contributed by atoms with Crippen molar-refractivity contribution in [1.82, 2.24) is 36.4 Å². The second-order valence-electron chi connectivity index (χ2n) is 31.9. The van der Waals surface area contributed by atoms with Crippen molar-refractivity contribution in [2.24, 2.45) is 23.2 Å². The zero-order chi connectivity index (χ0) is 88.2. The fraction of sp³-hybridized carbons (Fsp3) is 0.571. The number of rotatable bonds is 39. The predicted octanol–water partition coefficient (Wildman–Crippen LogP) is 4.24. The number of aliphatic carboxylic acids is 5. The van der Waals surface area contributed by atoms with Gasteiger partial charge in [-0.05, 0) is 129 Å². The minimum atomic E-state index is -1.70. The molecule has 3 aromatic carbocycles. The van der Waals surface area contributed by atoms with Crippen LogP contribution in [-0.4, -0.2) is 267 Å². The number of nitrogens with one attached hydrogen (secondary N) is 5. The molecule has 3 fully saturated rings. The number of amides is 5. The van der Waals surface area contributed by atoms with E-state index >= 15 is 4.79 Å². The number of aliphatic hydroxyl groups is 3. The van der Waals surface area contributed by atoms with Gasteiger partial charge < -0.3 is 86.5 Å². The molecule has 0 radical (unpaired) electrons. The number of hydrogen-bond acceptors (Lipinski definition) is 26. The summed E-state index contributed by atoms with van der Waals surface area (Å²) in [5.74, 6) is -13.8. The van der Waals surface area contributed by atoms with E-state index < -0.39 is 186 Å². The first-order valence-electron chi connectivity index (χ1n) is 40.0. The number of methoxy groups -OCH3 is 2. The molecule has 2 saturated heterocycles. The summed E-state index contributed by atoms with van der Waals surface area (Å²) in [7, 11) is 7.43. The van der Waals surface area contributed by atoms with Gasteiger partial charge in [-0.15, -0.1) is 0 Å². The van der Waals surface area contributed by atoms with Gasteiger partial charge in [0.15, 0.2) is 5.78 Å². The van der Waals surface area contributed by atoms with Gasteiger partial charge in [0, 0.05) is 130 Å². The SMILES string of the molecule is CC(=O)NCC(=O)OCCSSC[C@H](NC(=O)[C@@H](CC(=O)[C@H](CC(=O)O)NC(=O)CC[C@H](CC(=O)CC[C@H](NC(=O)NCCCC(=O)O)C(=O)O)C(=O)O)Cc1ccccc1)C(=O)O.CC[C@]1(O)CC2CN(CCC3=C(Cc4ccccc43)[C@@](C(=O)OC)(c3cc4c(cc3OC)N(C)[C@H]3[C@](C)(O)[C@H](O)[C@]5(CC)C=CCN6CC[C@]43[C@@H]65)C2)C1.O=C=O. The van der Waals surface area contributed by atoms with E-state index in [0.717, 1.165) is 83.0 Å². The molecular formula is C84H110N8O26S2. The minimum absolute atomic E-state index is 0.0265. The molecule has 0 aromatic heterocycles. The summed E-state index contributed by atoms with van der Waals surface area (Å²) in [5, 5.41) is 95.3. The zero-order valence-corrected chi connectivity index (χ0v) is 70.0. The molecule has 1 spiro atoms. The van der Waals surface area contributed by atoms with E-state index in [1.165, 1.54) is 30.7 Å². The van der Waals surface area contributed by atoms with E-state index in [0.29, 0.717) is 50.0 Å². The number of esters is 2. The van der Waals surface area contributed by atoms with E-state index in [9.17, 15) is 93.3 Å². The number of Topliss-reactive ketones (excluding diaryl/α,β-unsaturated/α-hetero) is 2. The summed E-state index contributed by atoms with van der Waals surface area (Å²) in [6.45, 7) is 10.7. The highest BCUT2D eigenvalue weighted by Gasteiger charge is 2.76. The number of likely N-dealkylation sites (N-methyl/N-ethyl adjacent to an activating group) is 1. The van der Waals surface area contributed by atoms with Gasteiger partial charge >= 0.3 is 54.0 Å². The Morgan fingerprint density at radius 3 is 2.08 bits per heavy atom. The van der Waals surface area contributed by atoms with Crippen molar-refractivity contribution in [3.05, 3.63) is 112 Å². The standard InChI is InChI=1S/C44H57N3O6.C39H53N5O18S2.CO2/c1-7-41(51)23-27-24-44(39(49)53-6,31-20-28-12-9-10-13-29(28)30(31)14-18-46(25-27)26-41)33-21-32-34(22-35(33)52-5)45(4)36-40(3,50)38(48)42(8-2)15-11-17-47-19-16-43(32,36)37(42)47;1-22(45)41-20-34(53)62-14-15-63-64-21-29(38(59)60)43-35(54)25(16-23-6-3-2-4-7-23)18-30(47)28(19-33(51)52)42-31(48)12-9-24(36(55)56)17-26(46)10-11-27(37(57)58)44-39(61)40-13-5-8-32(49)50;2-1-3/h9-13,15,21-22,27,36-38,48,50-51H,7-8,14,16-20,23-26H2,1-6H3;2-4,6-7,24-25,27-29H,5,8-21H2,1H3,(H,41,45)(H,42,48)(H,43,54)(H,49,50)(H,51,52)(H,55,56)(H,57,58)(H,59,60)(H2,40,44,61);/t27?,36-,37-,38-,40-,41-,42+,43-,44+;24-,25-,27+,28+,29+;/m01./s1. The first-order chi connectivity index (χ1) is 56.9. The summed E-state index contributed by atoms with van der Waals surface area (Å²) in [4.78, 5) is 184. The van der Waals surface area contributed by atoms with Gasteiger partial charge in [0.2, 0.25) is 17.7 Å². The highest BCUT2D eigenvalue weighted by atomic mass is 33.1. The zero-order valence-electron chi connectivity index (χ0n) is 68.4. The van der Waals surface area contributed by atoms with E-state index in [1.807, 2.05) is 14.0 Å². The molecule has 5 heterocycles. The number of hydrogen-bond donors (Lipinski definition) is 13. The first kappa shape index (κ1) is 95.4. The van der Waals surface area contributed by atoms with Crippen LogP contribution in [0.1, 0.15) is 152 Å². The van der Waals surface area contributed by atoms with E-state index in [1.54, 1.807) is 37.4 Å². The maximum Gasteiger partial charge on any atom is 0.373 e. The largest absolute Gasteiger partial charge is 0.496 e. The van der Waals surface area contributed by atoms with Crippen LogP contribution in [0.25, 0.3) is 5.57 Å². The molecule has 34 nitrogen and oxygen atoms in total. The Morgan fingerprint density at radius 2 is 1.43 bits per heavy atom. The van der Waals surface area contributed by atoms with E-state index in [2.05, 4.69) is 104 Å². The van der Waals surface area contributed by atoms with Crippen molar-refractivity contribution >= 4 is 116 Å². The number of carbonyl (C=O) groups excluding carboxylic acids is 10. The van der Waals surface area contributed by atoms with Gasteiger partial charge in [0.1, 0.15) is 47.8 Å². The summed E-state index contributed by atoms with van der Waals surface area (Å²) in [5.41, 5.74) is 3.55. The van der Waals surface area contributed by atoms with Gasteiger partial charge in [-0.3, -0.25) is 57.7 Å². The van der Waals surface area contributed by atoms with Gasteiger partial charge in [0.05, 0.1) is 50.3 Å². The number of urea groups is 1. The lowest BCUT2D eigenvalue weighted by atomic mass is 9.48. The van der Waals surface area contributed by atoms with Gasteiger partial charge in [-0.2, -0.15) is 9.59 Å². The fourth-order valence-corrected chi connectivity index (χ4v) is 21.0. The summed E-state index contributed by atoms with van der Waals surface area (Å²) < 4.78 is 17.3. The Kier molecular flexibility index (Phi) is 33.7. The average Bonchev–Trinajstić information content (AvgIpc) is 1.48. The van der Waals surface area contributed by atoms with Crippen LogP contribution >= 0.6 is 21.6 Å². The van der Waals surface area contributed by atoms with Crippen LogP contribution < -0.4 is 36.2 Å². The Morgan fingerprint density at radius 1 is 0.733 bits per heavy atom. The third-order valence-corrected chi connectivity index (χ3v) is 26.6. The second-order valence-corrected chi connectivity index (χ2v) is 34.6. The highest BCUT2D eigenvalue weighted by molar-refractivity contribution is 8.76. The van der Waals surface area contributed by atoms with Crippen molar-refractivity contribution < 1.29 is 127 Å². The molecule has 7 aliphatic rings. The normalized spacial score (nSPS) is 25.1. The number of benzene rings is 3. The van der Waals surface area contributed by atoms with Crippen molar-refractivity contribution in [2.75, 3.05) is 90.1 Å². The van der Waals surface area contributed by atoms with Gasteiger partial charge in [0.25, 0.3) is 0 Å². The molecule has 654 valence electrons. The van der Waals surface area contributed by atoms with Crippen LogP contribution in [0.15, 0.2) is 84.5 Å². The number of nitrogens with zero attached hydrogens (tertiary/aromatic N) is 3. The monoisotopic (exact) mass is 1710 g/mol. The number of ether oxygens (including phenoxy) is 3. The number of carboxylic acid groups (broad SMARTS) is 5. The van der Waals surface area contributed by atoms with Crippen molar-refractivity contribution in [3.63, 3.8) is 0 Å². The van der Waals surface area contributed by atoms with Crippen LogP contribution in [0.3, 0.4) is 0 Å². The number of fused-ring (bicyclic) bond motifs is 5. The number of carboxylic acids is 5. The number of carbonyl (C=O) groups is 13. The summed E-state index contributed by atoms with van der Waals surface area (Å²) in [6.07, 6.45) is 3.87. The van der Waals surface area contributed by atoms with Crippen LogP contribution in [0.4, 0.5) is 10.5 Å². The lowest BCUT2D eigenvalue weighted by Crippen LogP contribution is -2.77. The maximum absolute atomic E-state index is 15.2. The first-order valence-corrected chi connectivity index (χ1v) is 42.5. The lowest BCUT2D eigenvalue weighted by molar-refractivity contribution is -0.192. The lowest BCUT2D eigenvalue weighted by Gasteiger charge is -2.63. The van der Waals surface area contributed by atoms with Crippen molar-refractivity contribution in [2.45, 2.75) is 195 Å². The number of ketones is 2. The summed E-state index contributed by atoms with van der Waals surface area (Å²) in [6, 6.07) is 15.2. The molecule has 5 amide bonds. The van der Waals surface area contributed by atoms with Crippen molar-refractivity contribution in [3.8, 4) is 5.75 Å². The minimum Gasteiger partial charge on any atom is -0.496 e. The summed E-state index contributed by atoms with van der Waals surface area (Å²) >= 11 is 0. The molecule has 2 bridgehead atoms. The third-order valence-electron chi connectivity index (χ3n) is 24.3. The molecule has 36 heteroatoms. The number of aliphatic hydroxyl groups excluding tert-OH is 1. The number of piperidine rings is 1. The van der Waals surface area contributed by atoms with Crippen LogP contribution in [-0.2, 0) is 100 Å². The second kappa shape index (κ2) is 42.4. The molecular weight excluding hydrogens is 1600 g/mol. The average molecular weight is 1710 g/mol. The van der Waals surface area contributed by atoms with E-state index in [4.69, 9.17) is 28.9 Å². The Hall–Kier alpha value is -10.1. The maximum atomic E-state index is 15.2. The fourth-order valence-electron chi connectivity index (χ4n) is 19.0.